The summed E-state index contributed by atoms with van der Waals surface area (Å²) in [5, 5.41) is 0. The number of hydrogen-bond acceptors (Lipinski definition) is 0. The Kier molecular flexibility index (Phi) is 61.3. The molecule has 0 saturated heterocycles. The van der Waals surface area contributed by atoms with Crippen LogP contribution in [0.3, 0.4) is 0 Å². The molecule has 0 unspecified atom stereocenters. The van der Waals surface area contributed by atoms with Crippen molar-refractivity contribution in [1.29, 1.82) is 0 Å². The van der Waals surface area contributed by atoms with Crippen LogP contribution in [-0.4, -0.2) is 0 Å². The molecule has 0 atom stereocenters. The minimum Gasteiger partial charge on any atom is 0 e. The van der Waals surface area contributed by atoms with Gasteiger partial charge in [0.15, 0.2) is 0 Å². The Morgan fingerprint density at radius 2 is 0.933 bits per heavy atom. The van der Waals surface area contributed by atoms with Crippen LogP contribution in [0.1, 0.15) is 0 Å². The van der Waals surface area contributed by atoms with E-state index in [2.05, 4.69) is 42.9 Å². The maximum atomic E-state index is 7.50. The fraction of sp³-hybridized carbons (Fsp3) is 0. The van der Waals surface area contributed by atoms with Crippen LogP contribution >= 0.6 is 0 Å². The monoisotopic (exact) mass is 240 g/mol. The van der Waals surface area contributed by atoms with Crippen LogP contribution in [0.5, 0.6) is 0 Å². The predicted octanol–water partition coefficient (Wildman–Crippen LogP) is 1.62. The van der Waals surface area contributed by atoms with E-state index in [0.29, 0.717) is 0 Å². The topological polar surface area (TPSA) is 59.7 Å². The summed E-state index contributed by atoms with van der Waals surface area (Å²) in [5.41, 5.74) is 10.7. The van der Waals surface area contributed by atoms with Crippen LogP contribution in [0.25, 0.3) is 0 Å². The first-order valence-electron chi connectivity index (χ1n) is 2.94. The van der Waals surface area contributed by atoms with Crippen LogP contribution in [-0.2, 0) is 31.0 Å². The zero-order valence-electron chi connectivity index (χ0n) is 7.39. The third-order valence-corrected chi connectivity index (χ3v) is 0.677. The summed E-state index contributed by atoms with van der Waals surface area (Å²) in [6.07, 6.45) is 7.26. The molecule has 74 valence electrons. The summed E-state index contributed by atoms with van der Waals surface area (Å²) in [6, 6.07) is 0. The molecule has 0 aromatic heterocycles. The normalized spacial score (nSPS) is 8.93. The molecule has 1 aliphatic carbocycles. The van der Waals surface area contributed by atoms with Gasteiger partial charge in [-0.15, -0.1) is 0 Å². The van der Waals surface area contributed by atoms with E-state index in [0.717, 1.165) is 0 Å². The van der Waals surface area contributed by atoms with E-state index in [1.54, 1.807) is 12.2 Å². The van der Waals surface area contributed by atoms with E-state index in [1.165, 1.54) is 0 Å². The van der Waals surface area contributed by atoms with Crippen molar-refractivity contribution >= 4 is 0 Å². The second kappa shape index (κ2) is 39.5. The number of hydrogen-bond donors (Lipinski definition) is 0. The van der Waals surface area contributed by atoms with E-state index >= 15 is 0 Å². The minimum atomic E-state index is 0. The smallest absolute Gasteiger partial charge is 0 e. The van der Waals surface area contributed by atoms with Gasteiger partial charge in [-0.3, -0.25) is 0 Å². The first-order valence-corrected chi connectivity index (χ1v) is 2.94. The van der Waals surface area contributed by atoms with Gasteiger partial charge in [0.1, 0.15) is 0 Å². The molecule has 0 radical (unpaired) electrons. The second-order valence-corrected chi connectivity index (χ2v) is 1.26. The molecule has 0 aromatic carbocycles. The molecule has 0 saturated carbocycles. The SMILES string of the molecule is C1=C=C=C/C=C\C=C=1.[C-]#[O+].[C-]#[O+].[C-]#[O+].[Fe]. The number of allylic oxidation sites excluding steroid dienone is 4. The van der Waals surface area contributed by atoms with Crippen LogP contribution in [0, 0.1) is 20.0 Å². The largest absolute Gasteiger partial charge is 0 e. The fourth-order valence-electron chi connectivity index (χ4n) is 0.363. The quantitative estimate of drug-likeness (QED) is 0.267. The summed E-state index contributed by atoms with van der Waals surface area (Å²) in [5.74, 6) is 0. The minimum absolute atomic E-state index is 0. The molecule has 0 bridgehead atoms. The Hall–Kier alpha value is -1.66. The summed E-state index contributed by atoms with van der Waals surface area (Å²) < 4.78 is 22.5. The van der Waals surface area contributed by atoms with Crippen molar-refractivity contribution < 1.29 is 31.0 Å². The summed E-state index contributed by atoms with van der Waals surface area (Å²) in [7, 11) is 0. The Morgan fingerprint density at radius 3 is 1.20 bits per heavy atom. The molecule has 0 amide bonds. The Morgan fingerprint density at radius 1 is 0.667 bits per heavy atom. The van der Waals surface area contributed by atoms with Gasteiger partial charge >= 0.3 is 33.9 Å². The van der Waals surface area contributed by atoms with Crippen LogP contribution in [0.15, 0.2) is 47.2 Å². The van der Waals surface area contributed by atoms with E-state index in [4.69, 9.17) is 14.0 Å². The van der Waals surface area contributed by atoms with Gasteiger partial charge in [-0.25, -0.2) is 0 Å². The third kappa shape index (κ3) is 32.8. The standard InChI is InChI=1S/C8H4.3CO.Fe/c1-2-4-6-8-7-5-3-1;3*1-2;/h1-4H;;;;/b2-1-,3-1?,4-2?;;;;. The van der Waals surface area contributed by atoms with Gasteiger partial charge in [0.2, 0.25) is 0 Å². The van der Waals surface area contributed by atoms with Crippen LogP contribution < -0.4 is 0 Å². The van der Waals surface area contributed by atoms with Gasteiger partial charge in [0.25, 0.3) is 0 Å². The maximum absolute atomic E-state index is 7.50. The molecule has 0 spiro atoms. The first-order chi connectivity index (χ1) is 7.00. The molecule has 0 fully saturated rings. The Bertz CT molecular complexity index is 332. The molecule has 1 rings (SSSR count). The third-order valence-electron chi connectivity index (χ3n) is 0.677. The first kappa shape index (κ1) is 23.3. The zero-order chi connectivity index (χ0) is 11.7. The van der Waals surface area contributed by atoms with E-state index in [9.17, 15) is 0 Å². The van der Waals surface area contributed by atoms with Crippen molar-refractivity contribution in [1.82, 2.24) is 0 Å². The second-order valence-electron chi connectivity index (χ2n) is 1.26. The van der Waals surface area contributed by atoms with Crippen molar-refractivity contribution in [3.63, 3.8) is 0 Å². The summed E-state index contributed by atoms with van der Waals surface area (Å²) >= 11 is 0. The van der Waals surface area contributed by atoms with Gasteiger partial charge < -0.3 is 0 Å². The van der Waals surface area contributed by atoms with E-state index in [1.807, 2.05) is 12.2 Å². The van der Waals surface area contributed by atoms with Crippen LogP contribution in [0.4, 0.5) is 0 Å². The molecule has 15 heavy (non-hydrogen) atoms. The van der Waals surface area contributed by atoms with Gasteiger partial charge in [-0.05, 0) is 23.6 Å². The summed E-state index contributed by atoms with van der Waals surface area (Å²) in [6.45, 7) is 13.5. The Balaban J connectivity index is -0.0000000755. The fourth-order valence-corrected chi connectivity index (χ4v) is 0.363. The predicted molar refractivity (Wildman–Crippen MR) is 44.1 cm³/mol. The molecular formula is C11H4FeO3. The van der Waals surface area contributed by atoms with Gasteiger partial charge in [0.05, 0.1) is 0 Å². The van der Waals surface area contributed by atoms with Gasteiger partial charge in [-0.2, -0.15) is 0 Å². The molecule has 0 heterocycles. The molecule has 0 aliphatic heterocycles. The van der Waals surface area contributed by atoms with Crippen molar-refractivity contribution in [3.8, 4) is 0 Å². The summed E-state index contributed by atoms with van der Waals surface area (Å²) in [4.78, 5) is 0. The molecule has 0 aromatic rings. The molecule has 3 nitrogen and oxygen atoms in total. The molecule has 1 aliphatic rings. The average Bonchev–Trinajstić information content (AvgIpc) is 2.26. The number of rotatable bonds is 0. The van der Waals surface area contributed by atoms with Crippen molar-refractivity contribution in [2.24, 2.45) is 0 Å². The molecular weight excluding hydrogens is 236 g/mol. The van der Waals surface area contributed by atoms with Crippen LogP contribution in [0.2, 0.25) is 0 Å². The van der Waals surface area contributed by atoms with Crippen molar-refractivity contribution in [2.75, 3.05) is 0 Å². The Labute approximate surface area is 98.5 Å². The zero-order valence-corrected chi connectivity index (χ0v) is 8.49. The maximum Gasteiger partial charge on any atom is 0 e. The van der Waals surface area contributed by atoms with Gasteiger partial charge in [0, 0.05) is 17.1 Å². The molecule has 0 N–H and O–H groups in total. The van der Waals surface area contributed by atoms with E-state index < -0.39 is 0 Å². The van der Waals surface area contributed by atoms with E-state index in [-0.39, 0.29) is 17.1 Å². The average molecular weight is 240 g/mol. The van der Waals surface area contributed by atoms with Crippen molar-refractivity contribution in [2.45, 2.75) is 0 Å². The van der Waals surface area contributed by atoms with Gasteiger partial charge in [-0.1, -0.05) is 23.6 Å². The molecule has 4 heteroatoms. The van der Waals surface area contributed by atoms with Crippen molar-refractivity contribution in [3.05, 3.63) is 67.2 Å².